The zero-order valence-corrected chi connectivity index (χ0v) is 15.8. The lowest BCUT2D eigenvalue weighted by atomic mass is 10.1. The molecule has 1 aliphatic heterocycles. The van der Waals surface area contributed by atoms with Crippen LogP contribution in [0, 0.1) is 0 Å². The molecule has 7 heteroatoms. The molecule has 0 unspecified atom stereocenters. The van der Waals surface area contributed by atoms with Gasteiger partial charge in [0.05, 0.1) is 11.1 Å². The number of carbonyl (C=O) groups is 4. The second-order valence-corrected chi connectivity index (χ2v) is 6.44. The third kappa shape index (κ3) is 5.16. The highest BCUT2D eigenvalue weighted by atomic mass is 16.2. The number of amides is 4. The van der Waals surface area contributed by atoms with Crippen LogP contribution in [0.15, 0.2) is 60.7 Å². The van der Waals surface area contributed by atoms with Gasteiger partial charge in [0.15, 0.2) is 0 Å². The van der Waals surface area contributed by atoms with Crippen molar-refractivity contribution in [2.75, 3.05) is 19.6 Å². The van der Waals surface area contributed by atoms with Crippen molar-refractivity contribution in [2.24, 2.45) is 0 Å². The Balaban J connectivity index is 1.35. The molecule has 0 fully saturated rings. The minimum atomic E-state index is -0.379. The third-order valence-corrected chi connectivity index (χ3v) is 4.41. The van der Waals surface area contributed by atoms with E-state index < -0.39 is 0 Å². The summed E-state index contributed by atoms with van der Waals surface area (Å²) in [7, 11) is 0. The van der Waals surface area contributed by atoms with Gasteiger partial charge in [0.2, 0.25) is 11.8 Å². The highest BCUT2D eigenvalue weighted by molar-refractivity contribution is 6.21. The fourth-order valence-corrected chi connectivity index (χ4v) is 2.93. The summed E-state index contributed by atoms with van der Waals surface area (Å²) in [5.74, 6) is -1.31. The van der Waals surface area contributed by atoms with E-state index in [-0.39, 0.29) is 49.7 Å². The lowest BCUT2D eigenvalue weighted by Crippen LogP contribution is -2.37. The molecule has 148 valence electrons. The fourth-order valence-electron chi connectivity index (χ4n) is 2.93. The maximum atomic E-state index is 12.2. The molecule has 7 nitrogen and oxygen atoms in total. The molecule has 3 rings (SSSR count). The molecule has 1 heterocycles. The molecule has 4 amide bonds. The van der Waals surface area contributed by atoms with Gasteiger partial charge in [0.25, 0.3) is 11.8 Å². The first-order valence-electron chi connectivity index (χ1n) is 9.29. The molecule has 0 radical (unpaired) electrons. The minimum Gasteiger partial charge on any atom is -0.354 e. The number of hydrogen-bond acceptors (Lipinski definition) is 4. The standard InChI is InChI=1S/C22H21N3O4/c26-19(11-10-16-6-2-1-3-7-16)23-13-14-24-20(27)12-15-25-21(28)17-8-4-5-9-18(17)22(25)29/h1-11H,12-15H2,(H,23,26)(H,24,27)/b11-10+. The number of hydrogen-bond donors (Lipinski definition) is 2. The number of carbonyl (C=O) groups excluding carboxylic acids is 4. The third-order valence-electron chi connectivity index (χ3n) is 4.41. The van der Waals surface area contributed by atoms with Gasteiger partial charge in [-0.3, -0.25) is 24.1 Å². The Labute approximate surface area is 168 Å². The summed E-state index contributed by atoms with van der Waals surface area (Å²) < 4.78 is 0. The Morgan fingerprint density at radius 2 is 1.41 bits per heavy atom. The van der Waals surface area contributed by atoms with Crippen molar-refractivity contribution in [2.45, 2.75) is 6.42 Å². The van der Waals surface area contributed by atoms with Gasteiger partial charge >= 0.3 is 0 Å². The molecule has 29 heavy (non-hydrogen) atoms. The van der Waals surface area contributed by atoms with Gasteiger partial charge in [-0.2, -0.15) is 0 Å². The van der Waals surface area contributed by atoms with Gasteiger partial charge in [-0.05, 0) is 23.8 Å². The number of rotatable bonds is 8. The normalized spacial score (nSPS) is 12.9. The van der Waals surface area contributed by atoms with E-state index in [2.05, 4.69) is 10.6 Å². The van der Waals surface area contributed by atoms with E-state index in [9.17, 15) is 19.2 Å². The monoisotopic (exact) mass is 391 g/mol. The Bertz CT molecular complexity index is 919. The molecule has 0 aromatic heterocycles. The van der Waals surface area contributed by atoms with Crippen LogP contribution in [-0.2, 0) is 9.59 Å². The smallest absolute Gasteiger partial charge is 0.261 e. The van der Waals surface area contributed by atoms with E-state index in [1.165, 1.54) is 6.08 Å². The summed E-state index contributed by atoms with van der Waals surface area (Å²) in [6.45, 7) is 0.549. The van der Waals surface area contributed by atoms with Gasteiger partial charge in [-0.25, -0.2) is 0 Å². The zero-order valence-electron chi connectivity index (χ0n) is 15.8. The Kier molecular flexibility index (Phi) is 6.52. The predicted octanol–water partition coefficient (Wildman–Crippen LogP) is 1.62. The fraction of sp³-hybridized carbons (Fsp3) is 0.182. The van der Waals surface area contributed by atoms with Crippen LogP contribution in [-0.4, -0.2) is 48.2 Å². The largest absolute Gasteiger partial charge is 0.354 e. The Morgan fingerprint density at radius 1 is 0.828 bits per heavy atom. The molecule has 1 aliphatic rings. The maximum absolute atomic E-state index is 12.2. The number of benzene rings is 2. The van der Waals surface area contributed by atoms with Gasteiger partial charge in [0, 0.05) is 32.1 Å². The van der Waals surface area contributed by atoms with E-state index >= 15 is 0 Å². The molecule has 0 bridgehead atoms. The second-order valence-electron chi connectivity index (χ2n) is 6.44. The summed E-state index contributed by atoms with van der Waals surface area (Å²) in [4.78, 5) is 49.3. The average Bonchev–Trinajstić information content (AvgIpc) is 2.99. The molecular weight excluding hydrogens is 370 g/mol. The van der Waals surface area contributed by atoms with Crippen molar-refractivity contribution < 1.29 is 19.2 Å². The highest BCUT2D eigenvalue weighted by Crippen LogP contribution is 2.22. The number of nitrogens with one attached hydrogen (secondary N) is 2. The van der Waals surface area contributed by atoms with E-state index in [0.717, 1.165) is 10.5 Å². The van der Waals surface area contributed by atoms with E-state index in [1.807, 2.05) is 30.3 Å². The van der Waals surface area contributed by atoms with E-state index in [1.54, 1.807) is 30.3 Å². The minimum absolute atomic E-state index is 0.00727. The molecule has 2 aromatic carbocycles. The average molecular weight is 391 g/mol. The summed E-state index contributed by atoms with van der Waals surface area (Å²) >= 11 is 0. The number of imide groups is 1. The number of nitrogens with zero attached hydrogens (tertiary/aromatic N) is 1. The zero-order chi connectivity index (χ0) is 20.6. The van der Waals surface area contributed by atoms with Crippen molar-refractivity contribution in [1.29, 1.82) is 0 Å². The second kappa shape index (κ2) is 9.45. The van der Waals surface area contributed by atoms with Crippen LogP contribution in [0.2, 0.25) is 0 Å². The molecule has 2 N–H and O–H groups in total. The highest BCUT2D eigenvalue weighted by Gasteiger charge is 2.34. The van der Waals surface area contributed by atoms with Gasteiger partial charge in [0.1, 0.15) is 0 Å². The molecule has 0 saturated carbocycles. The predicted molar refractivity (Wildman–Crippen MR) is 108 cm³/mol. The summed E-state index contributed by atoms with van der Waals surface area (Å²) in [5, 5.41) is 5.33. The van der Waals surface area contributed by atoms with E-state index in [4.69, 9.17) is 0 Å². The van der Waals surface area contributed by atoms with Crippen LogP contribution in [0.25, 0.3) is 6.08 Å². The van der Waals surface area contributed by atoms with Crippen LogP contribution >= 0.6 is 0 Å². The quantitative estimate of drug-likeness (QED) is 0.406. The molecule has 2 aromatic rings. The van der Waals surface area contributed by atoms with Crippen molar-refractivity contribution in [1.82, 2.24) is 15.5 Å². The van der Waals surface area contributed by atoms with Crippen molar-refractivity contribution in [3.63, 3.8) is 0 Å². The maximum Gasteiger partial charge on any atom is 0.261 e. The van der Waals surface area contributed by atoms with Gasteiger partial charge < -0.3 is 10.6 Å². The lowest BCUT2D eigenvalue weighted by Gasteiger charge is -2.13. The van der Waals surface area contributed by atoms with Gasteiger partial charge in [-0.15, -0.1) is 0 Å². The van der Waals surface area contributed by atoms with Crippen molar-refractivity contribution >= 4 is 29.7 Å². The van der Waals surface area contributed by atoms with Crippen molar-refractivity contribution in [3.05, 3.63) is 77.4 Å². The Morgan fingerprint density at radius 3 is 2.07 bits per heavy atom. The topological polar surface area (TPSA) is 95.6 Å². The first-order valence-corrected chi connectivity index (χ1v) is 9.29. The summed E-state index contributed by atoms with van der Waals surface area (Å²) in [6, 6.07) is 16.0. The first kappa shape index (κ1) is 20.0. The molecule has 0 aliphatic carbocycles. The SMILES string of the molecule is O=C(/C=C/c1ccccc1)NCCNC(=O)CCN1C(=O)c2ccccc2C1=O. The van der Waals surface area contributed by atoms with Crippen LogP contribution in [0.5, 0.6) is 0 Å². The molecule has 0 atom stereocenters. The summed E-state index contributed by atoms with van der Waals surface area (Å²) in [6.07, 6.45) is 3.14. The van der Waals surface area contributed by atoms with Crippen LogP contribution in [0.3, 0.4) is 0 Å². The molecular formula is C22H21N3O4. The van der Waals surface area contributed by atoms with Crippen LogP contribution in [0.1, 0.15) is 32.7 Å². The first-order chi connectivity index (χ1) is 14.1. The van der Waals surface area contributed by atoms with E-state index in [0.29, 0.717) is 11.1 Å². The molecule has 0 spiro atoms. The van der Waals surface area contributed by atoms with Crippen molar-refractivity contribution in [3.8, 4) is 0 Å². The van der Waals surface area contributed by atoms with Crippen LogP contribution < -0.4 is 10.6 Å². The summed E-state index contributed by atoms with van der Waals surface area (Å²) in [5.41, 5.74) is 1.65. The Hall–Kier alpha value is -3.74. The van der Waals surface area contributed by atoms with Gasteiger partial charge in [-0.1, -0.05) is 42.5 Å². The lowest BCUT2D eigenvalue weighted by molar-refractivity contribution is -0.121. The number of fused-ring (bicyclic) bond motifs is 1. The van der Waals surface area contributed by atoms with Crippen LogP contribution in [0.4, 0.5) is 0 Å². The molecule has 0 saturated heterocycles.